The standard InChI is InChI=1S/C18H22N2O3S/c21-17(15-8-5-11-23-15)16-10-9-14(24-16)12-19-18(22)20-13-6-3-1-2-4-7-13/h5,8-11,13H,1-4,6-7,12H2,(H2,19,20,22). The topological polar surface area (TPSA) is 71.3 Å². The molecule has 0 bridgehead atoms. The van der Waals surface area contributed by atoms with Gasteiger partial charge >= 0.3 is 6.03 Å². The van der Waals surface area contributed by atoms with E-state index in [-0.39, 0.29) is 17.9 Å². The molecule has 0 radical (unpaired) electrons. The van der Waals surface area contributed by atoms with Gasteiger partial charge in [0, 0.05) is 10.9 Å². The number of carbonyl (C=O) groups is 2. The van der Waals surface area contributed by atoms with E-state index in [0.717, 1.165) is 17.7 Å². The van der Waals surface area contributed by atoms with E-state index in [4.69, 9.17) is 4.42 Å². The summed E-state index contributed by atoms with van der Waals surface area (Å²) >= 11 is 1.38. The SMILES string of the molecule is O=C(NCc1ccc(C(=O)c2ccco2)s1)NC1CCCCCC1. The lowest BCUT2D eigenvalue weighted by atomic mass is 10.1. The molecule has 2 N–H and O–H groups in total. The first-order valence-electron chi connectivity index (χ1n) is 8.43. The van der Waals surface area contributed by atoms with Crippen molar-refractivity contribution in [1.29, 1.82) is 0 Å². The van der Waals surface area contributed by atoms with Crippen LogP contribution in [0.2, 0.25) is 0 Å². The van der Waals surface area contributed by atoms with Crippen molar-refractivity contribution in [3.63, 3.8) is 0 Å². The van der Waals surface area contributed by atoms with E-state index < -0.39 is 0 Å². The highest BCUT2D eigenvalue weighted by molar-refractivity contribution is 7.14. The van der Waals surface area contributed by atoms with Crippen LogP contribution >= 0.6 is 11.3 Å². The van der Waals surface area contributed by atoms with Crippen LogP contribution in [0.25, 0.3) is 0 Å². The second-order valence-corrected chi connectivity index (χ2v) is 7.26. The predicted molar refractivity (Wildman–Crippen MR) is 93.3 cm³/mol. The van der Waals surface area contributed by atoms with Gasteiger partial charge in [0.1, 0.15) is 0 Å². The number of hydrogen-bond donors (Lipinski definition) is 2. The quantitative estimate of drug-likeness (QED) is 0.632. The number of nitrogens with one attached hydrogen (secondary N) is 2. The van der Waals surface area contributed by atoms with E-state index in [1.54, 1.807) is 18.2 Å². The van der Waals surface area contributed by atoms with Crippen LogP contribution < -0.4 is 10.6 Å². The molecule has 1 aliphatic carbocycles. The second kappa shape index (κ2) is 8.15. The third kappa shape index (κ3) is 4.47. The summed E-state index contributed by atoms with van der Waals surface area (Å²) in [7, 11) is 0. The number of furan rings is 1. The van der Waals surface area contributed by atoms with Gasteiger partial charge in [-0.2, -0.15) is 0 Å². The Kier molecular flexibility index (Phi) is 5.69. The first kappa shape index (κ1) is 16.8. The minimum Gasteiger partial charge on any atom is -0.461 e. The Hall–Kier alpha value is -2.08. The number of thiophene rings is 1. The lowest BCUT2D eigenvalue weighted by molar-refractivity contribution is 0.101. The van der Waals surface area contributed by atoms with Gasteiger partial charge in [-0.05, 0) is 37.1 Å². The van der Waals surface area contributed by atoms with Crippen LogP contribution in [0.15, 0.2) is 34.9 Å². The van der Waals surface area contributed by atoms with Crippen molar-refractivity contribution >= 4 is 23.2 Å². The van der Waals surface area contributed by atoms with Gasteiger partial charge in [-0.25, -0.2) is 4.79 Å². The van der Waals surface area contributed by atoms with Gasteiger partial charge in [-0.3, -0.25) is 4.79 Å². The fourth-order valence-electron chi connectivity index (χ4n) is 2.95. The van der Waals surface area contributed by atoms with Crippen LogP contribution in [-0.2, 0) is 6.54 Å². The van der Waals surface area contributed by atoms with Crippen molar-refractivity contribution in [2.75, 3.05) is 0 Å². The molecule has 2 heterocycles. The lowest BCUT2D eigenvalue weighted by Crippen LogP contribution is -2.41. The molecule has 1 aliphatic rings. The van der Waals surface area contributed by atoms with Gasteiger partial charge in [-0.1, -0.05) is 25.7 Å². The first-order chi connectivity index (χ1) is 11.7. The van der Waals surface area contributed by atoms with Crippen LogP contribution in [0.3, 0.4) is 0 Å². The van der Waals surface area contributed by atoms with Crippen molar-refractivity contribution in [2.24, 2.45) is 0 Å². The molecule has 1 saturated carbocycles. The van der Waals surface area contributed by atoms with E-state index in [1.165, 1.54) is 43.3 Å². The molecule has 0 saturated heterocycles. The van der Waals surface area contributed by atoms with Crippen molar-refractivity contribution in [3.8, 4) is 0 Å². The Morgan fingerprint density at radius 3 is 2.62 bits per heavy atom. The molecule has 128 valence electrons. The Morgan fingerprint density at radius 1 is 1.12 bits per heavy atom. The smallest absolute Gasteiger partial charge is 0.315 e. The molecule has 0 unspecified atom stereocenters. The number of urea groups is 1. The van der Waals surface area contributed by atoms with E-state index >= 15 is 0 Å². The molecule has 0 aliphatic heterocycles. The maximum Gasteiger partial charge on any atom is 0.315 e. The lowest BCUT2D eigenvalue weighted by Gasteiger charge is -2.16. The number of hydrogen-bond acceptors (Lipinski definition) is 4. The molecular weight excluding hydrogens is 324 g/mol. The molecule has 2 aromatic rings. The molecule has 0 aromatic carbocycles. The zero-order chi connectivity index (χ0) is 16.8. The molecule has 6 heteroatoms. The van der Waals surface area contributed by atoms with Crippen molar-refractivity contribution in [2.45, 2.75) is 51.1 Å². The van der Waals surface area contributed by atoms with Crippen LogP contribution in [0.5, 0.6) is 0 Å². The number of ketones is 1. The molecule has 3 rings (SSSR count). The van der Waals surface area contributed by atoms with E-state index in [9.17, 15) is 9.59 Å². The Labute approximate surface area is 145 Å². The molecular formula is C18H22N2O3S. The summed E-state index contributed by atoms with van der Waals surface area (Å²) in [6, 6.07) is 7.14. The fraction of sp³-hybridized carbons (Fsp3) is 0.444. The fourth-order valence-corrected chi connectivity index (χ4v) is 3.84. The zero-order valence-corrected chi connectivity index (χ0v) is 14.4. The molecule has 1 fully saturated rings. The molecule has 2 aromatic heterocycles. The van der Waals surface area contributed by atoms with Crippen molar-refractivity contribution < 1.29 is 14.0 Å². The molecule has 2 amide bonds. The summed E-state index contributed by atoms with van der Waals surface area (Å²) in [5.74, 6) is 0.210. The number of rotatable bonds is 5. The van der Waals surface area contributed by atoms with Gasteiger partial charge in [0.05, 0.1) is 17.7 Å². The highest BCUT2D eigenvalue weighted by Gasteiger charge is 2.16. The summed E-state index contributed by atoms with van der Waals surface area (Å²) in [4.78, 5) is 25.8. The average Bonchev–Trinajstić information content (AvgIpc) is 3.22. The van der Waals surface area contributed by atoms with Crippen molar-refractivity contribution in [3.05, 3.63) is 46.0 Å². The second-order valence-electron chi connectivity index (χ2n) is 6.09. The van der Waals surface area contributed by atoms with Gasteiger partial charge < -0.3 is 15.1 Å². The number of carbonyl (C=O) groups excluding carboxylic acids is 2. The molecule has 0 atom stereocenters. The summed E-state index contributed by atoms with van der Waals surface area (Å²) in [6.45, 7) is 0.425. The van der Waals surface area contributed by atoms with Crippen LogP contribution in [0.4, 0.5) is 4.79 Å². The van der Waals surface area contributed by atoms with Gasteiger partial charge in [0.2, 0.25) is 5.78 Å². The minimum absolute atomic E-state index is 0.126. The van der Waals surface area contributed by atoms with Crippen LogP contribution in [0.1, 0.15) is 58.8 Å². The Morgan fingerprint density at radius 2 is 1.92 bits per heavy atom. The maximum atomic E-state index is 12.2. The predicted octanol–water partition coefficient (Wildman–Crippen LogP) is 4.09. The number of amides is 2. The van der Waals surface area contributed by atoms with Gasteiger partial charge in [0.25, 0.3) is 0 Å². The third-order valence-corrected chi connectivity index (χ3v) is 5.33. The molecule has 24 heavy (non-hydrogen) atoms. The normalized spacial score (nSPS) is 15.7. The van der Waals surface area contributed by atoms with E-state index in [1.807, 2.05) is 6.07 Å². The van der Waals surface area contributed by atoms with Gasteiger partial charge in [-0.15, -0.1) is 11.3 Å². The highest BCUT2D eigenvalue weighted by atomic mass is 32.1. The van der Waals surface area contributed by atoms with Crippen molar-refractivity contribution in [1.82, 2.24) is 10.6 Å². The monoisotopic (exact) mass is 346 g/mol. The van der Waals surface area contributed by atoms with E-state index in [2.05, 4.69) is 10.6 Å². The molecule has 0 spiro atoms. The third-order valence-electron chi connectivity index (χ3n) is 4.24. The summed E-state index contributed by atoms with van der Waals surface area (Å²) < 4.78 is 5.13. The van der Waals surface area contributed by atoms with Gasteiger partial charge in [0.15, 0.2) is 5.76 Å². The molecule has 5 nitrogen and oxygen atoms in total. The van der Waals surface area contributed by atoms with Crippen LogP contribution in [-0.4, -0.2) is 17.9 Å². The minimum atomic E-state index is -0.130. The summed E-state index contributed by atoms with van der Waals surface area (Å²) in [6.07, 6.45) is 8.52. The van der Waals surface area contributed by atoms with Crippen LogP contribution in [0, 0.1) is 0 Å². The highest BCUT2D eigenvalue weighted by Crippen LogP contribution is 2.20. The Balaban J connectivity index is 1.48. The Bertz CT molecular complexity index is 670. The largest absolute Gasteiger partial charge is 0.461 e. The maximum absolute atomic E-state index is 12.2. The zero-order valence-electron chi connectivity index (χ0n) is 13.5. The van der Waals surface area contributed by atoms with E-state index in [0.29, 0.717) is 17.2 Å². The average molecular weight is 346 g/mol. The first-order valence-corrected chi connectivity index (χ1v) is 9.25. The summed E-state index contributed by atoms with van der Waals surface area (Å²) in [5, 5.41) is 5.93. The summed E-state index contributed by atoms with van der Waals surface area (Å²) in [5.41, 5.74) is 0.